The molecule has 0 atom stereocenters. The van der Waals surface area contributed by atoms with Crippen LogP contribution in [0.3, 0.4) is 0 Å². The molecule has 0 radical (unpaired) electrons. The minimum Gasteiger partial charge on any atom is -0.454 e. The monoisotopic (exact) mass is 346 g/mol. The largest absolute Gasteiger partial charge is 0.454 e. The Morgan fingerprint density at radius 3 is 2.04 bits per heavy atom. The molecule has 4 rings (SSSR count). The summed E-state index contributed by atoms with van der Waals surface area (Å²) >= 11 is 5.96. The quantitative estimate of drug-likeness (QED) is 0.846. The molecule has 0 spiro atoms. The van der Waals surface area contributed by atoms with Gasteiger partial charge >= 0.3 is 0 Å². The number of rotatable bonds is 4. The van der Waals surface area contributed by atoms with E-state index in [2.05, 4.69) is 24.3 Å². The summed E-state index contributed by atoms with van der Waals surface area (Å²) in [6.07, 6.45) is 0. The lowest BCUT2D eigenvalue weighted by atomic mass is 10.1. The zero-order chi connectivity index (χ0) is 16.4. The van der Waals surface area contributed by atoms with Crippen LogP contribution in [0.4, 0.5) is 0 Å². The van der Waals surface area contributed by atoms with Gasteiger partial charge in [0.1, 0.15) is 39.3 Å². The van der Waals surface area contributed by atoms with Gasteiger partial charge in [0.2, 0.25) is 6.79 Å². The fourth-order valence-electron chi connectivity index (χ4n) is 3.54. The van der Waals surface area contributed by atoms with E-state index >= 15 is 0 Å². The molecule has 5 heteroatoms. The van der Waals surface area contributed by atoms with Crippen LogP contribution in [0.2, 0.25) is 5.02 Å². The Morgan fingerprint density at radius 2 is 1.33 bits per heavy atom. The van der Waals surface area contributed by atoms with E-state index in [1.807, 2.05) is 18.2 Å². The minimum atomic E-state index is 0.346. The second-order valence-electron chi connectivity index (χ2n) is 6.67. The molecule has 2 aliphatic heterocycles. The van der Waals surface area contributed by atoms with Gasteiger partial charge in [-0.3, -0.25) is 0 Å². The van der Waals surface area contributed by atoms with Crippen molar-refractivity contribution in [1.29, 1.82) is 0 Å². The van der Waals surface area contributed by atoms with E-state index in [1.54, 1.807) is 9.80 Å². The first kappa shape index (κ1) is 15.8. The van der Waals surface area contributed by atoms with Crippen LogP contribution in [0.15, 0.2) is 42.5 Å². The first-order valence-electron chi connectivity index (χ1n) is 8.56. The van der Waals surface area contributed by atoms with Crippen LogP contribution >= 0.6 is 11.6 Å². The van der Waals surface area contributed by atoms with Crippen LogP contribution < -0.4 is 19.3 Å². The van der Waals surface area contributed by atoms with Crippen molar-refractivity contribution >= 4 is 11.6 Å². The molecule has 0 saturated carbocycles. The number of fused-ring (bicyclic) bond motifs is 1. The number of hydrogen-bond acceptors (Lipinski definition) is 2. The maximum Gasteiger partial charge on any atom is 0.231 e. The molecule has 0 bridgehead atoms. The number of quaternary nitrogens is 2. The molecule has 2 aromatic rings. The molecule has 126 valence electrons. The third-order valence-electron chi connectivity index (χ3n) is 4.92. The first-order valence-corrected chi connectivity index (χ1v) is 8.94. The van der Waals surface area contributed by atoms with E-state index in [4.69, 9.17) is 21.1 Å². The van der Waals surface area contributed by atoms with Crippen LogP contribution in [0, 0.1) is 0 Å². The van der Waals surface area contributed by atoms with Gasteiger partial charge in [0.15, 0.2) is 11.5 Å². The molecule has 0 unspecified atom stereocenters. The Bertz CT molecular complexity index is 697. The van der Waals surface area contributed by atoms with Crippen molar-refractivity contribution in [2.45, 2.75) is 13.1 Å². The number of piperazine rings is 1. The lowest BCUT2D eigenvalue weighted by molar-refractivity contribution is -1.02. The zero-order valence-electron chi connectivity index (χ0n) is 13.7. The highest BCUT2D eigenvalue weighted by Crippen LogP contribution is 2.32. The van der Waals surface area contributed by atoms with Crippen molar-refractivity contribution in [2.75, 3.05) is 33.0 Å². The van der Waals surface area contributed by atoms with Crippen LogP contribution in [0.5, 0.6) is 11.5 Å². The molecule has 0 aliphatic carbocycles. The summed E-state index contributed by atoms with van der Waals surface area (Å²) in [7, 11) is 0. The van der Waals surface area contributed by atoms with E-state index in [1.165, 1.54) is 37.3 Å². The first-order chi connectivity index (χ1) is 11.8. The van der Waals surface area contributed by atoms with Gasteiger partial charge in [-0.05, 0) is 30.3 Å². The third kappa shape index (κ3) is 3.66. The smallest absolute Gasteiger partial charge is 0.231 e. The third-order valence-corrected chi connectivity index (χ3v) is 5.17. The van der Waals surface area contributed by atoms with E-state index in [0.717, 1.165) is 29.6 Å². The normalized spacial score (nSPS) is 22.5. The van der Waals surface area contributed by atoms with Crippen molar-refractivity contribution < 1.29 is 19.3 Å². The molecule has 2 aliphatic rings. The van der Waals surface area contributed by atoms with Crippen molar-refractivity contribution in [1.82, 2.24) is 0 Å². The zero-order valence-corrected chi connectivity index (χ0v) is 14.4. The SMILES string of the molecule is Clc1ccc(C[NH+]2CC[NH+](Cc3ccc4c(c3)OCO4)CC2)cc1. The van der Waals surface area contributed by atoms with Crippen LogP contribution in [-0.2, 0) is 13.1 Å². The molecule has 1 fully saturated rings. The Kier molecular flexibility index (Phi) is 4.60. The van der Waals surface area contributed by atoms with Gasteiger partial charge in [-0.2, -0.15) is 0 Å². The molecule has 1 saturated heterocycles. The average molecular weight is 347 g/mol. The van der Waals surface area contributed by atoms with E-state index in [9.17, 15) is 0 Å². The van der Waals surface area contributed by atoms with E-state index < -0.39 is 0 Å². The molecule has 0 amide bonds. The van der Waals surface area contributed by atoms with E-state index in [0.29, 0.717) is 6.79 Å². The van der Waals surface area contributed by atoms with Crippen molar-refractivity contribution in [3.8, 4) is 11.5 Å². The molecule has 0 aromatic heterocycles. The van der Waals surface area contributed by atoms with Crippen LogP contribution in [-0.4, -0.2) is 33.0 Å². The number of ether oxygens (including phenoxy) is 2. The van der Waals surface area contributed by atoms with Crippen molar-refractivity contribution in [2.24, 2.45) is 0 Å². The Hall–Kier alpha value is -1.75. The topological polar surface area (TPSA) is 27.3 Å². The Morgan fingerprint density at radius 1 is 0.750 bits per heavy atom. The van der Waals surface area contributed by atoms with Gasteiger partial charge in [-0.25, -0.2) is 0 Å². The summed E-state index contributed by atoms with van der Waals surface area (Å²) in [5, 5.41) is 0.812. The number of halogens is 1. The highest BCUT2D eigenvalue weighted by atomic mass is 35.5. The lowest BCUT2D eigenvalue weighted by Gasteiger charge is -2.29. The Labute approximate surface area is 147 Å². The molecular weight excluding hydrogens is 324 g/mol. The molecule has 2 aromatic carbocycles. The predicted molar refractivity (Wildman–Crippen MR) is 92.8 cm³/mol. The van der Waals surface area contributed by atoms with Crippen LogP contribution in [0.25, 0.3) is 0 Å². The number of hydrogen-bond donors (Lipinski definition) is 2. The summed E-state index contributed by atoms with van der Waals surface area (Å²) in [6, 6.07) is 14.6. The second kappa shape index (κ2) is 7.01. The Balaban J connectivity index is 1.29. The van der Waals surface area contributed by atoms with Crippen molar-refractivity contribution in [3.05, 3.63) is 58.6 Å². The second-order valence-corrected chi connectivity index (χ2v) is 7.10. The predicted octanol–water partition coefficient (Wildman–Crippen LogP) is 0.552. The average Bonchev–Trinajstić information content (AvgIpc) is 3.06. The summed E-state index contributed by atoms with van der Waals surface area (Å²) < 4.78 is 10.9. The molecular formula is C19H23ClN2O2+2. The fourth-order valence-corrected chi connectivity index (χ4v) is 3.67. The highest BCUT2D eigenvalue weighted by molar-refractivity contribution is 6.30. The van der Waals surface area contributed by atoms with Gasteiger partial charge in [-0.15, -0.1) is 0 Å². The number of nitrogens with one attached hydrogen (secondary N) is 2. The summed E-state index contributed by atoms with van der Waals surface area (Å²) in [5.41, 5.74) is 2.70. The maximum absolute atomic E-state index is 5.96. The summed E-state index contributed by atoms with van der Waals surface area (Å²) in [4.78, 5) is 3.31. The summed E-state index contributed by atoms with van der Waals surface area (Å²) in [6.45, 7) is 7.33. The van der Waals surface area contributed by atoms with Gasteiger partial charge in [0.05, 0.1) is 0 Å². The standard InChI is InChI=1S/C19H21ClN2O2/c20-17-4-1-15(2-5-17)12-21-7-9-22(10-8-21)13-16-3-6-18-19(11-16)24-14-23-18/h1-6,11H,7-10,12-14H2/p+2. The molecule has 2 heterocycles. The van der Waals surface area contributed by atoms with Crippen LogP contribution in [0.1, 0.15) is 11.1 Å². The van der Waals surface area contributed by atoms with Crippen molar-refractivity contribution in [3.63, 3.8) is 0 Å². The van der Waals surface area contributed by atoms with Gasteiger partial charge in [0, 0.05) is 16.1 Å². The summed E-state index contributed by atoms with van der Waals surface area (Å²) in [5.74, 6) is 1.75. The van der Waals surface area contributed by atoms with Gasteiger partial charge in [0.25, 0.3) is 0 Å². The number of benzene rings is 2. The molecule has 2 N–H and O–H groups in total. The highest BCUT2D eigenvalue weighted by Gasteiger charge is 2.24. The van der Waals surface area contributed by atoms with E-state index in [-0.39, 0.29) is 0 Å². The molecule has 24 heavy (non-hydrogen) atoms. The molecule has 4 nitrogen and oxygen atoms in total. The lowest BCUT2D eigenvalue weighted by Crippen LogP contribution is -3.27. The minimum absolute atomic E-state index is 0.346. The fraction of sp³-hybridized carbons (Fsp3) is 0.368. The maximum atomic E-state index is 5.96. The van der Waals surface area contributed by atoms with Gasteiger partial charge < -0.3 is 19.3 Å². The van der Waals surface area contributed by atoms with Gasteiger partial charge in [-0.1, -0.05) is 23.7 Å².